The van der Waals surface area contributed by atoms with Gasteiger partial charge in [-0.2, -0.15) is 0 Å². The molecular formula is C18H21NO2. The minimum atomic E-state index is -0.0654. The van der Waals surface area contributed by atoms with Gasteiger partial charge in [0.15, 0.2) is 5.78 Å². The lowest BCUT2D eigenvalue weighted by Gasteiger charge is -2.13. The van der Waals surface area contributed by atoms with E-state index in [2.05, 4.69) is 38.3 Å². The lowest BCUT2D eigenvalue weighted by atomic mass is 10.1. The summed E-state index contributed by atoms with van der Waals surface area (Å²) in [6.07, 6.45) is 3.44. The standard InChI is InChI=1S/C18H21NO2/c1-12(2)19-13(3)11-16(14(19)4)7-10-18(21)15-5-8-17(20)9-6-15/h5-12,20H,1-4H3/b10-7+. The Kier molecular flexibility index (Phi) is 4.32. The van der Waals surface area contributed by atoms with E-state index in [-0.39, 0.29) is 11.5 Å². The number of aryl methyl sites for hydroxylation is 1. The van der Waals surface area contributed by atoms with Gasteiger partial charge in [-0.1, -0.05) is 0 Å². The molecule has 0 spiro atoms. The average molecular weight is 283 g/mol. The summed E-state index contributed by atoms with van der Waals surface area (Å²) in [5.41, 5.74) is 3.99. The molecule has 0 aliphatic rings. The van der Waals surface area contributed by atoms with Gasteiger partial charge < -0.3 is 9.67 Å². The summed E-state index contributed by atoms with van der Waals surface area (Å²) in [5, 5.41) is 9.24. The van der Waals surface area contributed by atoms with Crippen LogP contribution in [0.1, 0.15) is 47.2 Å². The molecule has 0 saturated carbocycles. The van der Waals surface area contributed by atoms with Crippen LogP contribution in [-0.2, 0) is 0 Å². The van der Waals surface area contributed by atoms with Gasteiger partial charge >= 0.3 is 0 Å². The number of hydrogen-bond donors (Lipinski definition) is 1. The Hall–Kier alpha value is -2.29. The number of aromatic hydroxyl groups is 1. The molecule has 0 unspecified atom stereocenters. The number of ketones is 1. The van der Waals surface area contributed by atoms with Crippen LogP contribution in [0.5, 0.6) is 5.75 Å². The highest BCUT2D eigenvalue weighted by Crippen LogP contribution is 2.21. The second kappa shape index (κ2) is 6.00. The molecule has 0 atom stereocenters. The third kappa shape index (κ3) is 3.24. The smallest absolute Gasteiger partial charge is 0.185 e. The Balaban J connectivity index is 2.23. The molecule has 1 N–H and O–H groups in total. The van der Waals surface area contributed by atoms with E-state index in [0.29, 0.717) is 11.6 Å². The molecule has 2 aromatic rings. The van der Waals surface area contributed by atoms with Gasteiger partial charge in [0.2, 0.25) is 0 Å². The summed E-state index contributed by atoms with van der Waals surface area (Å²) >= 11 is 0. The molecule has 21 heavy (non-hydrogen) atoms. The van der Waals surface area contributed by atoms with Crippen LogP contribution in [0.2, 0.25) is 0 Å². The van der Waals surface area contributed by atoms with E-state index in [0.717, 1.165) is 11.3 Å². The minimum Gasteiger partial charge on any atom is -0.508 e. The average Bonchev–Trinajstić information content (AvgIpc) is 2.71. The molecule has 0 saturated heterocycles. The summed E-state index contributed by atoms with van der Waals surface area (Å²) in [5.74, 6) is 0.0976. The van der Waals surface area contributed by atoms with Crippen LogP contribution in [0.4, 0.5) is 0 Å². The molecule has 0 aliphatic heterocycles. The molecule has 110 valence electrons. The van der Waals surface area contributed by atoms with Crippen molar-refractivity contribution in [1.29, 1.82) is 0 Å². The highest BCUT2D eigenvalue weighted by atomic mass is 16.3. The molecule has 1 aromatic carbocycles. The van der Waals surface area contributed by atoms with Crippen molar-refractivity contribution >= 4 is 11.9 Å². The van der Waals surface area contributed by atoms with Crippen LogP contribution in [0.3, 0.4) is 0 Å². The molecule has 3 heteroatoms. The number of phenols is 1. The fourth-order valence-corrected chi connectivity index (χ4v) is 2.65. The maximum Gasteiger partial charge on any atom is 0.185 e. The molecule has 0 aliphatic carbocycles. The summed E-state index contributed by atoms with van der Waals surface area (Å²) in [6.45, 7) is 8.44. The van der Waals surface area contributed by atoms with E-state index in [1.165, 1.54) is 17.8 Å². The minimum absolute atomic E-state index is 0.0654. The fraction of sp³-hybridized carbons (Fsp3) is 0.278. The fourth-order valence-electron chi connectivity index (χ4n) is 2.65. The van der Waals surface area contributed by atoms with Gasteiger partial charge in [0.1, 0.15) is 5.75 Å². The summed E-state index contributed by atoms with van der Waals surface area (Å²) in [4.78, 5) is 12.1. The van der Waals surface area contributed by atoms with Crippen LogP contribution in [-0.4, -0.2) is 15.5 Å². The number of benzene rings is 1. The largest absolute Gasteiger partial charge is 0.508 e. The van der Waals surface area contributed by atoms with E-state index in [9.17, 15) is 9.90 Å². The zero-order valence-corrected chi connectivity index (χ0v) is 12.9. The first-order valence-electron chi connectivity index (χ1n) is 7.10. The van der Waals surface area contributed by atoms with Crippen molar-refractivity contribution in [2.75, 3.05) is 0 Å². The molecule has 1 heterocycles. The molecule has 0 fully saturated rings. The topological polar surface area (TPSA) is 42.2 Å². The van der Waals surface area contributed by atoms with Crippen LogP contribution >= 0.6 is 0 Å². The van der Waals surface area contributed by atoms with Crippen LogP contribution in [0, 0.1) is 13.8 Å². The monoisotopic (exact) mass is 283 g/mol. The number of allylic oxidation sites excluding steroid dienone is 1. The lowest BCUT2D eigenvalue weighted by molar-refractivity contribution is 0.104. The molecular weight excluding hydrogens is 262 g/mol. The van der Waals surface area contributed by atoms with Crippen molar-refractivity contribution in [3.05, 3.63) is 58.9 Å². The van der Waals surface area contributed by atoms with Crippen molar-refractivity contribution in [2.24, 2.45) is 0 Å². The van der Waals surface area contributed by atoms with E-state index in [1.54, 1.807) is 18.2 Å². The van der Waals surface area contributed by atoms with Gasteiger partial charge in [-0.05, 0) is 75.7 Å². The molecule has 2 rings (SSSR count). The van der Waals surface area contributed by atoms with Gasteiger partial charge in [-0.15, -0.1) is 0 Å². The Labute approximate surface area is 125 Å². The van der Waals surface area contributed by atoms with Crippen molar-refractivity contribution in [3.63, 3.8) is 0 Å². The van der Waals surface area contributed by atoms with Gasteiger partial charge in [0.05, 0.1) is 0 Å². The number of rotatable bonds is 4. The van der Waals surface area contributed by atoms with Crippen molar-refractivity contribution in [1.82, 2.24) is 4.57 Å². The van der Waals surface area contributed by atoms with E-state index >= 15 is 0 Å². The highest BCUT2D eigenvalue weighted by molar-refractivity contribution is 6.06. The zero-order chi connectivity index (χ0) is 15.6. The van der Waals surface area contributed by atoms with Crippen molar-refractivity contribution < 1.29 is 9.90 Å². The molecule has 0 bridgehead atoms. The van der Waals surface area contributed by atoms with Crippen LogP contribution < -0.4 is 0 Å². The second-order valence-electron chi connectivity index (χ2n) is 5.53. The Morgan fingerprint density at radius 3 is 2.33 bits per heavy atom. The van der Waals surface area contributed by atoms with E-state index in [1.807, 2.05) is 6.08 Å². The second-order valence-corrected chi connectivity index (χ2v) is 5.53. The van der Waals surface area contributed by atoms with Gasteiger partial charge in [-0.3, -0.25) is 4.79 Å². The predicted molar refractivity (Wildman–Crippen MR) is 85.8 cm³/mol. The first-order chi connectivity index (χ1) is 9.90. The molecule has 0 radical (unpaired) electrons. The molecule has 1 aromatic heterocycles. The summed E-state index contributed by atoms with van der Waals surface area (Å²) in [6, 6.07) is 8.78. The predicted octanol–water partition coefficient (Wildman–Crippen LogP) is 4.29. The van der Waals surface area contributed by atoms with Gasteiger partial charge in [0.25, 0.3) is 0 Å². The van der Waals surface area contributed by atoms with Crippen molar-refractivity contribution in [2.45, 2.75) is 33.7 Å². The number of nitrogens with zero attached hydrogens (tertiary/aromatic N) is 1. The number of hydrogen-bond acceptors (Lipinski definition) is 2. The molecule has 3 nitrogen and oxygen atoms in total. The number of phenolic OH excluding ortho intramolecular Hbond substituents is 1. The normalized spacial score (nSPS) is 11.5. The lowest BCUT2D eigenvalue weighted by Crippen LogP contribution is -2.04. The number of carbonyl (C=O) groups excluding carboxylic acids is 1. The highest BCUT2D eigenvalue weighted by Gasteiger charge is 2.10. The zero-order valence-electron chi connectivity index (χ0n) is 12.9. The van der Waals surface area contributed by atoms with Crippen LogP contribution in [0.15, 0.2) is 36.4 Å². The third-order valence-corrected chi connectivity index (χ3v) is 3.61. The Morgan fingerprint density at radius 2 is 1.81 bits per heavy atom. The number of aromatic nitrogens is 1. The van der Waals surface area contributed by atoms with E-state index < -0.39 is 0 Å². The first kappa shape index (κ1) is 15.1. The van der Waals surface area contributed by atoms with E-state index in [4.69, 9.17) is 0 Å². The summed E-state index contributed by atoms with van der Waals surface area (Å²) in [7, 11) is 0. The maximum absolute atomic E-state index is 12.1. The maximum atomic E-state index is 12.1. The van der Waals surface area contributed by atoms with Gasteiger partial charge in [0, 0.05) is 23.0 Å². The van der Waals surface area contributed by atoms with Gasteiger partial charge in [-0.25, -0.2) is 0 Å². The SMILES string of the molecule is Cc1cc(/C=C/C(=O)c2ccc(O)cc2)c(C)n1C(C)C. The number of carbonyl (C=O) groups is 1. The Bertz CT molecular complexity index is 676. The summed E-state index contributed by atoms with van der Waals surface area (Å²) < 4.78 is 2.25. The molecule has 0 amide bonds. The third-order valence-electron chi connectivity index (χ3n) is 3.61. The first-order valence-corrected chi connectivity index (χ1v) is 7.10. The quantitative estimate of drug-likeness (QED) is 0.672. The Morgan fingerprint density at radius 1 is 1.19 bits per heavy atom. The van der Waals surface area contributed by atoms with Crippen LogP contribution in [0.25, 0.3) is 6.08 Å². The van der Waals surface area contributed by atoms with Crippen molar-refractivity contribution in [3.8, 4) is 5.75 Å².